The molecule has 1 fully saturated rings. The van der Waals surface area contributed by atoms with Crippen LogP contribution < -0.4 is 16.0 Å². The molecule has 2 aliphatic heterocycles. The molecule has 2 aliphatic rings. The fourth-order valence-electron chi connectivity index (χ4n) is 5.36. The molecule has 4 bridgehead atoms. The van der Waals surface area contributed by atoms with Crippen LogP contribution in [0.1, 0.15) is 82.6 Å². The van der Waals surface area contributed by atoms with Crippen LogP contribution in [0.2, 0.25) is 0 Å². The van der Waals surface area contributed by atoms with Crippen LogP contribution in [0, 0.1) is 11.8 Å². The Hall–Kier alpha value is -4.10. The van der Waals surface area contributed by atoms with Crippen LogP contribution in [-0.4, -0.2) is 71.3 Å². The molecule has 2 aromatic heterocycles. The molecule has 234 valence electrons. The van der Waals surface area contributed by atoms with Crippen molar-refractivity contribution in [3.8, 4) is 0 Å². The Morgan fingerprint density at radius 2 is 1.80 bits per heavy atom. The third-order valence-corrected chi connectivity index (χ3v) is 8.58. The van der Waals surface area contributed by atoms with Crippen LogP contribution in [0.25, 0.3) is 0 Å². The van der Waals surface area contributed by atoms with Gasteiger partial charge in [-0.15, -0.1) is 11.3 Å². The third-order valence-electron chi connectivity index (χ3n) is 7.62. The highest BCUT2D eigenvalue weighted by atomic mass is 32.1. The molecule has 1 saturated heterocycles. The number of benzene rings is 1. The first-order valence-corrected chi connectivity index (χ1v) is 15.8. The first kappa shape index (κ1) is 31.3. The summed E-state index contributed by atoms with van der Waals surface area (Å²) in [5, 5.41) is 11.1. The standard InChI is InChI=1S/C31H38N6O6S/c1-19(2)14-23-30-36-25(18-44-30)27(39)32-10-11-37(31(41)21-8-12-42-13-9-21)16-26(38)33-22(15-20-6-4-3-5-7-20)29-35-24(17-43-29)28(40)34-23/h3-7,17-19,21-23H,8-16H2,1-2H3,(H,32,39)(H,33,38)(H,34,40)/t22-,23-/m0/s1. The van der Waals surface area contributed by atoms with E-state index in [-0.39, 0.29) is 54.7 Å². The molecule has 2 atom stereocenters. The second-order valence-corrected chi connectivity index (χ2v) is 12.4. The highest BCUT2D eigenvalue weighted by molar-refractivity contribution is 7.09. The molecule has 5 rings (SSSR count). The highest BCUT2D eigenvalue weighted by Gasteiger charge is 2.30. The Labute approximate surface area is 260 Å². The predicted molar refractivity (Wildman–Crippen MR) is 162 cm³/mol. The Balaban J connectivity index is 1.46. The first-order chi connectivity index (χ1) is 21.3. The van der Waals surface area contributed by atoms with E-state index in [0.717, 1.165) is 5.56 Å². The maximum absolute atomic E-state index is 13.5. The fraction of sp³-hybridized carbons (Fsp3) is 0.484. The molecule has 1 aromatic carbocycles. The maximum Gasteiger partial charge on any atom is 0.273 e. The molecule has 4 amide bonds. The van der Waals surface area contributed by atoms with Crippen molar-refractivity contribution in [3.63, 3.8) is 0 Å². The minimum absolute atomic E-state index is 0.0630. The molecular weight excluding hydrogens is 584 g/mol. The third kappa shape index (κ3) is 8.08. The van der Waals surface area contributed by atoms with Crippen LogP contribution in [0.15, 0.2) is 46.4 Å². The number of fused-ring (bicyclic) bond motifs is 4. The zero-order valence-electron chi connectivity index (χ0n) is 24.9. The number of amides is 4. The summed E-state index contributed by atoms with van der Waals surface area (Å²) in [6.07, 6.45) is 3.37. The van der Waals surface area contributed by atoms with Crippen LogP contribution in [0.5, 0.6) is 0 Å². The number of thiazole rings is 1. The first-order valence-electron chi connectivity index (χ1n) is 15.0. The smallest absolute Gasteiger partial charge is 0.273 e. The molecule has 13 heteroatoms. The molecular formula is C31H38N6O6S. The Morgan fingerprint density at radius 1 is 1.02 bits per heavy atom. The van der Waals surface area contributed by atoms with Gasteiger partial charge in [-0.1, -0.05) is 44.2 Å². The molecule has 0 aliphatic carbocycles. The number of hydrogen-bond donors (Lipinski definition) is 3. The summed E-state index contributed by atoms with van der Waals surface area (Å²) in [7, 11) is 0. The average Bonchev–Trinajstić information content (AvgIpc) is 3.71. The summed E-state index contributed by atoms with van der Waals surface area (Å²) >= 11 is 1.29. The summed E-state index contributed by atoms with van der Waals surface area (Å²) in [4.78, 5) is 63.8. The number of nitrogens with zero attached hydrogens (tertiary/aromatic N) is 3. The minimum atomic E-state index is -0.696. The van der Waals surface area contributed by atoms with E-state index in [1.165, 1.54) is 22.5 Å². The van der Waals surface area contributed by atoms with E-state index in [9.17, 15) is 19.2 Å². The quantitative estimate of drug-likeness (QED) is 0.392. The van der Waals surface area contributed by atoms with Crippen molar-refractivity contribution in [3.05, 3.63) is 69.8 Å². The monoisotopic (exact) mass is 622 g/mol. The van der Waals surface area contributed by atoms with Gasteiger partial charge >= 0.3 is 0 Å². The van der Waals surface area contributed by atoms with Crippen molar-refractivity contribution in [2.75, 3.05) is 32.8 Å². The number of rotatable bonds is 5. The van der Waals surface area contributed by atoms with Gasteiger partial charge in [0.15, 0.2) is 5.69 Å². The van der Waals surface area contributed by atoms with Gasteiger partial charge in [0.05, 0.1) is 12.6 Å². The number of ether oxygens (including phenoxy) is 1. The van der Waals surface area contributed by atoms with Gasteiger partial charge in [0, 0.05) is 44.0 Å². The molecule has 12 nitrogen and oxygen atoms in total. The highest BCUT2D eigenvalue weighted by Crippen LogP contribution is 2.26. The molecule has 3 N–H and O–H groups in total. The molecule has 0 radical (unpaired) electrons. The second-order valence-electron chi connectivity index (χ2n) is 11.5. The summed E-state index contributed by atoms with van der Waals surface area (Å²) in [5.74, 6) is -1.27. The van der Waals surface area contributed by atoms with Gasteiger partial charge < -0.3 is 30.0 Å². The molecule has 3 aromatic rings. The Kier molecular flexibility index (Phi) is 10.4. The zero-order chi connectivity index (χ0) is 31.1. The number of oxazole rings is 1. The van der Waals surface area contributed by atoms with Crippen LogP contribution in [-0.2, 0) is 20.7 Å². The molecule has 0 saturated carbocycles. The van der Waals surface area contributed by atoms with E-state index in [0.29, 0.717) is 43.9 Å². The number of nitrogens with one attached hydrogen (secondary N) is 3. The van der Waals surface area contributed by atoms with Gasteiger partial charge in [-0.25, -0.2) is 9.97 Å². The summed E-state index contributed by atoms with van der Waals surface area (Å²) in [5.41, 5.74) is 1.22. The lowest BCUT2D eigenvalue weighted by Crippen LogP contribution is -2.48. The minimum Gasteiger partial charge on any atom is -0.446 e. The van der Waals surface area contributed by atoms with Gasteiger partial charge in [-0.05, 0) is 30.7 Å². The maximum atomic E-state index is 13.5. The average molecular weight is 623 g/mol. The van der Waals surface area contributed by atoms with Crippen molar-refractivity contribution in [2.45, 2.75) is 51.6 Å². The Bertz CT molecular complexity index is 1450. The lowest BCUT2D eigenvalue weighted by molar-refractivity contribution is -0.142. The normalized spacial score (nSPS) is 20.8. The van der Waals surface area contributed by atoms with Crippen LogP contribution >= 0.6 is 11.3 Å². The van der Waals surface area contributed by atoms with E-state index < -0.39 is 29.8 Å². The van der Waals surface area contributed by atoms with Crippen molar-refractivity contribution >= 4 is 35.0 Å². The predicted octanol–water partition coefficient (Wildman–Crippen LogP) is 3.05. The van der Waals surface area contributed by atoms with Crippen molar-refractivity contribution in [1.29, 1.82) is 0 Å². The van der Waals surface area contributed by atoms with Gasteiger partial charge in [-0.2, -0.15) is 0 Å². The Morgan fingerprint density at radius 3 is 2.55 bits per heavy atom. The summed E-state index contributed by atoms with van der Waals surface area (Å²) in [6.45, 7) is 5.10. The van der Waals surface area contributed by atoms with Crippen molar-refractivity contribution in [1.82, 2.24) is 30.8 Å². The number of carbonyl (C=O) groups excluding carboxylic acids is 4. The molecule has 0 unspecified atom stereocenters. The summed E-state index contributed by atoms with van der Waals surface area (Å²) < 4.78 is 11.2. The fourth-order valence-corrected chi connectivity index (χ4v) is 6.22. The van der Waals surface area contributed by atoms with Gasteiger partial charge in [0.1, 0.15) is 23.0 Å². The van der Waals surface area contributed by atoms with Gasteiger partial charge in [0.25, 0.3) is 11.8 Å². The molecule has 0 spiro atoms. The van der Waals surface area contributed by atoms with Gasteiger partial charge in [-0.3, -0.25) is 19.2 Å². The number of hydrogen-bond acceptors (Lipinski definition) is 9. The van der Waals surface area contributed by atoms with E-state index >= 15 is 0 Å². The van der Waals surface area contributed by atoms with E-state index in [4.69, 9.17) is 9.15 Å². The molecule has 4 heterocycles. The SMILES string of the molecule is CC(C)C[C@@H]1NC(=O)c2coc(n2)[C@H](Cc2ccccc2)NC(=O)CN(C(=O)C2CCOCC2)CCNC(=O)c2csc1n2. The topological polar surface area (TPSA) is 156 Å². The lowest BCUT2D eigenvalue weighted by Gasteiger charge is -2.29. The number of aromatic nitrogens is 2. The van der Waals surface area contributed by atoms with Crippen molar-refractivity contribution in [2.24, 2.45) is 11.8 Å². The lowest BCUT2D eigenvalue weighted by atomic mass is 9.98. The number of carbonyl (C=O) groups is 4. The largest absolute Gasteiger partial charge is 0.446 e. The molecule has 44 heavy (non-hydrogen) atoms. The van der Waals surface area contributed by atoms with E-state index in [1.54, 1.807) is 5.38 Å². The van der Waals surface area contributed by atoms with Crippen LogP contribution in [0.3, 0.4) is 0 Å². The summed E-state index contributed by atoms with van der Waals surface area (Å²) in [6, 6.07) is 8.41. The van der Waals surface area contributed by atoms with Crippen LogP contribution in [0.4, 0.5) is 0 Å². The van der Waals surface area contributed by atoms with Gasteiger partial charge in [0.2, 0.25) is 17.7 Å². The van der Waals surface area contributed by atoms with E-state index in [2.05, 4.69) is 25.9 Å². The second kappa shape index (κ2) is 14.6. The van der Waals surface area contributed by atoms with Crippen molar-refractivity contribution < 1.29 is 28.3 Å². The zero-order valence-corrected chi connectivity index (χ0v) is 25.7. The van der Waals surface area contributed by atoms with E-state index in [1.807, 2.05) is 44.2 Å².